The van der Waals surface area contributed by atoms with Crippen LogP contribution in [0.1, 0.15) is 22.7 Å². The normalized spacial score (nSPS) is 19.0. The number of fused-ring (bicyclic) bond motifs is 1. The number of benzene rings is 2. The van der Waals surface area contributed by atoms with Gasteiger partial charge in [-0.05, 0) is 16.7 Å². The lowest BCUT2D eigenvalue weighted by atomic mass is 9.88. The summed E-state index contributed by atoms with van der Waals surface area (Å²) in [7, 11) is 0. The molecule has 0 spiro atoms. The fourth-order valence-electron chi connectivity index (χ4n) is 3.14. The third kappa shape index (κ3) is 3.40. The van der Waals surface area contributed by atoms with Crippen molar-refractivity contribution in [1.29, 1.82) is 0 Å². The summed E-state index contributed by atoms with van der Waals surface area (Å²) < 4.78 is 5.37. The monoisotopic (exact) mass is 337 g/mol. The molecule has 2 aromatic rings. The van der Waals surface area contributed by atoms with Crippen molar-refractivity contribution in [2.24, 2.45) is 0 Å². The van der Waals surface area contributed by atoms with E-state index in [4.69, 9.17) is 4.74 Å². The first-order chi connectivity index (χ1) is 12.1. The number of amides is 1. The van der Waals surface area contributed by atoms with Crippen LogP contribution in [-0.2, 0) is 22.6 Å². The Bertz CT molecular complexity index is 787. The number of carbonyl (C=O) groups is 2. The van der Waals surface area contributed by atoms with Crippen LogP contribution in [0.25, 0.3) is 0 Å². The van der Waals surface area contributed by atoms with Gasteiger partial charge in [0.2, 0.25) is 0 Å². The van der Waals surface area contributed by atoms with Gasteiger partial charge in [0.05, 0.1) is 6.04 Å². The van der Waals surface area contributed by atoms with E-state index >= 15 is 0 Å². The summed E-state index contributed by atoms with van der Waals surface area (Å²) in [6.07, 6.45) is 1.17. The molecule has 0 aromatic heterocycles. The Morgan fingerprint density at radius 3 is 2.52 bits per heavy atom. The Labute approximate surface area is 146 Å². The fraction of sp³-hybridized carbons (Fsp3) is 0.200. The maximum Gasteiger partial charge on any atom is 0.411 e. The van der Waals surface area contributed by atoms with Crippen molar-refractivity contribution in [3.63, 3.8) is 0 Å². The zero-order chi connectivity index (χ0) is 17.8. The van der Waals surface area contributed by atoms with E-state index < -0.39 is 24.1 Å². The number of hydrogen-bond donors (Lipinski definition) is 1. The predicted octanol–water partition coefficient (Wildman–Crippen LogP) is 3.56. The lowest BCUT2D eigenvalue weighted by Crippen LogP contribution is -2.50. The Kier molecular flexibility index (Phi) is 4.84. The second kappa shape index (κ2) is 7.21. The molecule has 0 fully saturated rings. The average molecular weight is 337 g/mol. The van der Waals surface area contributed by atoms with Gasteiger partial charge in [-0.25, -0.2) is 9.59 Å². The number of aliphatic carboxylic acids is 1. The van der Waals surface area contributed by atoms with Crippen LogP contribution in [0, 0.1) is 0 Å². The molecular weight excluding hydrogens is 318 g/mol. The first kappa shape index (κ1) is 16.8. The summed E-state index contributed by atoms with van der Waals surface area (Å²) in [6.45, 7) is 3.88. The second-order valence-electron chi connectivity index (χ2n) is 5.88. The molecule has 2 aromatic carbocycles. The van der Waals surface area contributed by atoms with Gasteiger partial charge in [0.15, 0.2) is 0 Å². The summed E-state index contributed by atoms with van der Waals surface area (Å²) in [6, 6.07) is 15.3. The minimum Gasteiger partial charge on any atom is -0.480 e. The van der Waals surface area contributed by atoms with Gasteiger partial charge in [0.1, 0.15) is 12.6 Å². The molecule has 1 amide bonds. The van der Waals surface area contributed by atoms with Crippen LogP contribution in [0.3, 0.4) is 0 Å². The van der Waals surface area contributed by atoms with E-state index in [0.29, 0.717) is 0 Å². The van der Waals surface area contributed by atoms with Gasteiger partial charge in [-0.15, -0.1) is 6.58 Å². The lowest BCUT2D eigenvalue weighted by molar-refractivity contribution is -0.143. The lowest BCUT2D eigenvalue weighted by Gasteiger charge is -2.39. The van der Waals surface area contributed by atoms with E-state index in [2.05, 4.69) is 6.58 Å². The van der Waals surface area contributed by atoms with Gasteiger partial charge in [0.25, 0.3) is 0 Å². The third-order valence-electron chi connectivity index (χ3n) is 4.35. The maximum atomic E-state index is 12.7. The number of nitrogens with zero attached hydrogens (tertiary/aromatic N) is 1. The molecule has 0 aliphatic carbocycles. The summed E-state index contributed by atoms with van der Waals surface area (Å²) in [5.41, 5.74) is 2.63. The molecule has 0 bridgehead atoms. The third-order valence-corrected chi connectivity index (χ3v) is 4.35. The summed E-state index contributed by atoms with van der Waals surface area (Å²) in [5.74, 6) is -1.06. The topological polar surface area (TPSA) is 66.8 Å². The highest BCUT2D eigenvalue weighted by Crippen LogP contribution is 2.34. The molecule has 0 saturated carbocycles. The summed E-state index contributed by atoms with van der Waals surface area (Å²) >= 11 is 0. The van der Waals surface area contributed by atoms with Crippen LogP contribution in [0.15, 0.2) is 67.3 Å². The quantitative estimate of drug-likeness (QED) is 0.866. The van der Waals surface area contributed by atoms with E-state index in [9.17, 15) is 14.7 Å². The molecular formula is C20H19NO4. The highest BCUT2D eigenvalue weighted by molar-refractivity contribution is 5.82. The Hall–Kier alpha value is -3.08. The fourth-order valence-corrected chi connectivity index (χ4v) is 3.14. The van der Waals surface area contributed by atoms with Crippen LogP contribution >= 0.6 is 0 Å². The van der Waals surface area contributed by atoms with Crippen molar-refractivity contribution in [3.05, 3.63) is 83.9 Å². The molecule has 1 aliphatic heterocycles. The van der Waals surface area contributed by atoms with Crippen molar-refractivity contribution in [3.8, 4) is 0 Å². The standard InChI is InChI=1S/C20H19NO4/c1-2-17-16-11-7-6-10-15(16)12-18(19(22)23)21(17)20(24)25-13-14-8-4-3-5-9-14/h2-11,17-18H,1,12-13H2,(H,22,23)/t17-,18+/m1/s1. The first-order valence-electron chi connectivity index (χ1n) is 8.04. The van der Waals surface area contributed by atoms with Gasteiger partial charge in [-0.3, -0.25) is 4.90 Å². The van der Waals surface area contributed by atoms with Crippen molar-refractivity contribution < 1.29 is 19.4 Å². The number of carboxylic acid groups (broad SMARTS) is 1. The van der Waals surface area contributed by atoms with E-state index in [1.54, 1.807) is 6.08 Å². The molecule has 1 aliphatic rings. The highest BCUT2D eigenvalue weighted by Gasteiger charge is 2.40. The zero-order valence-corrected chi connectivity index (χ0v) is 13.7. The molecule has 1 N–H and O–H groups in total. The SMILES string of the molecule is C=C[C@@H]1c2ccccc2C[C@@H](C(=O)O)N1C(=O)OCc1ccccc1. The van der Waals surface area contributed by atoms with E-state index in [1.165, 1.54) is 4.90 Å². The smallest absolute Gasteiger partial charge is 0.411 e. The summed E-state index contributed by atoms with van der Waals surface area (Å²) in [5, 5.41) is 9.60. The van der Waals surface area contributed by atoms with Crippen molar-refractivity contribution in [2.75, 3.05) is 0 Å². The molecule has 1 heterocycles. The minimum absolute atomic E-state index is 0.0913. The van der Waals surface area contributed by atoms with Gasteiger partial charge in [-0.1, -0.05) is 60.7 Å². The number of carboxylic acids is 1. The maximum absolute atomic E-state index is 12.7. The highest BCUT2D eigenvalue weighted by atomic mass is 16.6. The minimum atomic E-state index is -1.06. The molecule has 5 heteroatoms. The number of hydrogen-bond acceptors (Lipinski definition) is 3. The Balaban J connectivity index is 1.86. The van der Waals surface area contributed by atoms with Crippen LogP contribution < -0.4 is 0 Å². The van der Waals surface area contributed by atoms with Crippen LogP contribution in [-0.4, -0.2) is 28.1 Å². The van der Waals surface area contributed by atoms with E-state index in [-0.39, 0.29) is 13.0 Å². The Morgan fingerprint density at radius 1 is 1.16 bits per heavy atom. The van der Waals surface area contributed by atoms with E-state index in [0.717, 1.165) is 16.7 Å². The van der Waals surface area contributed by atoms with E-state index in [1.807, 2.05) is 54.6 Å². The molecule has 5 nitrogen and oxygen atoms in total. The van der Waals surface area contributed by atoms with Crippen LogP contribution in [0.5, 0.6) is 0 Å². The molecule has 25 heavy (non-hydrogen) atoms. The van der Waals surface area contributed by atoms with Gasteiger partial charge in [-0.2, -0.15) is 0 Å². The Morgan fingerprint density at radius 2 is 1.84 bits per heavy atom. The molecule has 0 radical (unpaired) electrons. The largest absolute Gasteiger partial charge is 0.480 e. The second-order valence-corrected chi connectivity index (χ2v) is 5.88. The van der Waals surface area contributed by atoms with Crippen molar-refractivity contribution in [2.45, 2.75) is 25.1 Å². The first-order valence-corrected chi connectivity index (χ1v) is 8.04. The number of ether oxygens (including phenoxy) is 1. The van der Waals surface area contributed by atoms with Crippen LogP contribution in [0.4, 0.5) is 4.79 Å². The molecule has 2 atom stereocenters. The number of carbonyl (C=O) groups excluding carboxylic acids is 1. The van der Waals surface area contributed by atoms with Gasteiger partial charge < -0.3 is 9.84 Å². The number of rotatable bonds is 4. The van der Waals surface area contributed by atoms with Crippen molar-refractivity contribution in [1.82, 2.24) is 4.90 Å². The zero-order valence-electron chi connectivity index (χ0n) is 13.7. The molecule has 0 saturated heterocycles. The average Bonchev–Trinajstić information content (AvgIpc) is 2.65. The van der Waals surface area contributed by atoms with Gasteiger partial charge in [0, 0.05) is 6.42 Å². The van der Waals surface area contributed by atoms with Crippen LogP contribution in [0.2, 0.25) is 0 Å². The van der Waals surface area contributed by atoms with Gasteiger partial charge >= 0.3 is 12.1 Å². The molecule has 3 rings (SSSR count). The predicted molar refractivity (Wildman–Crippen MR) is 93.0 cm³/mol. The molecule has 0 unspecified atom stereocenters. The molecule has 128 valence electrons. The van der Waals surface area contributed by atoms with Crippen molar-refractivity contribution >= 4 is 12.1 Å². The summed E-state index contributed by atoms with van der Waals surface area (Å²) in [4.78, 5) is 25.7.